The molecule has 0 saturated heterocycles. The lowest BCUT2D eigenvalue weighted by Crippen LogP contribution is -2.22. The maximum Gasteiger partial charge on any atom is 0.229 e. The molecule has 4 rings (SSSR count). The molecule has 1 aliphatic carbocycles. The summed E-state index contributed by atoms with van der Waals surface area (Å²) in [5.74, 6) is 0.290. The fourth-order valence-corrected chi connectivity index (χ4v) is 3.56. The summed E-state index contributed by atoms with van der Waals surface area (Å²) in [7, 11) is 0. The highest BCUT2D eigenvalue weighted by atomic mass is 16.1. The number of aryl methyl sites for hydroxylation is 1. The first-order valence-electron chi connectivity index (χ1n) is 9.47. The van der Waals surface area contributed by atoms with Gasteiger partial charge in [-0.2, -0.15) is 0 Å². The SMILES string of the molecule is O=C(CCc1ccccc1)Nc1ncc2c(n1)C[C@H](c1ccccc1)CC2=O. The Morgan fingerprint density at radius 1 is 1.00 bits per heavy atom. The number of aromatic nitrogens is 2. The number of Topliss-reactive ketones (excluding diaryl/α,β-unsaturated/α-hetero) is 1. The topological polar surface area (TPSA) is 72.0 Å². The molecule has 0 unspecified atom stereocenters. The molecule has 0 aliphatic heterocycles. The molecule has 1 atom stereocenters. The highest BCUT2D eigenvalue weighted by molar-refractivity contribution is 5.98. The van der Waals surface area contributed by atoms with Gasteiger partial charge in [0.25, 0.3) is 0 Å². The van der Waals surface area contributed by atoms with E-state index < -0.39 is 0 Å². The van der Waals surface area contributed by atoms with E-state index in [0.29, 0.717) is 36.9 Å². The lowest BCUT2D eigenvalue weighted by Gasteiger charge is -2.23. The molecule has 1 amide bonds. The van der Waals surface area contributed by atoms with Crippen LogP contribution in [-0.4, -0.2) is 21.7 Å². The van der Waals surface area contributed by atoms with Crippen molar-refractivity contribution in [1.29, 1.82) is 0 Å². The number of carbonyl (C=O) groups excluding carboxylic acids is 2. The third-order valence-corrected chi connectivity index (χ3v) is 5.05. The van der Waals surface area contributed by atoms with Crippen LogP contribution >= 0.6 is 0 Å². The van der Waals surface area contributed by atoms with E-state index >= 15 is 0 Å². The maximum absolute atomic E-state index is 12.5. The third kappa shape index (κ3) is 4.14. The molecule has 0 saturated carbocycles. The molecule has 1 N–H and O–H groups in total. The minimum Gasteiger partial charge on any atom is -0.295 e. The van der Waals surface area contributed by atoms with Crippen molar-refractivity contribution in [2.45, 2.75) is 31.6 Å². The molecule has 5 heteroatoms. The number of nitrogens with one attached hydrogen (secondary N) is 1. The zero-order valence-corrected chi connectivity index (χ0v) is 15.5. The number of fused-ring (bicyclic) bond motifs is 1. The molecule has 1 aliphatic rings. The van der Waals surface area contributed by atoms with Gasteiger partial charge in [-0.05, 0) is 29.9 Å². The number of hydrogen-bond acceptors (Lipinski definition) is 4. The van der Waals surface area contributed by atoms with Gasteiger partial charge in [-0.15, -0.1) is 0 Å². The van der Waals surface area contributed by atoms with Crippen LogP contribution < -0.4 is 5.32 Å². The number of benzene rings is 2. The Bertz CT molecular complexity index is 987. The number of rotatable bonds is 5. The second kappa shape index (κ2) is 8.13. The van der Waals surface area contributed by atoms with Crippen LogP contribution in [0, 0.1) is 0 Å². The van der Waals surface area contributed by atoms with Crippen LogP contribution in [0.5, 0.6) is 0 Å². The summed E-state index contributed by atoms with van der Waals surface area (Å²) in [4.78, 5) is 33.4. The van der Waals surface area contributed by atoms with E-state index in [1.165, 1.54) is 0 Å². The van der Waals surface area contributed by atoms with Gasteiger partial charge in [0.05, 0.1) is 11.3 Å². The van der Waals surface area contributed by atoms with E-state index in [9.17, 15) is 9.59 Å². The van der Waals surface area contributed by atoms with E-state index in [-0.39, 0.29) is 23.6 Å². The molecule has 0 spiro atoms. The van der Waals surface area contributed by atoms with Crippen molar-refractivity contribution in [3.05, 3.63) is 89.2 Å². The average Bonchev–Trinajstić information content (AvgIpc) is 2.73. The minimum atomic E-state index is -0.134. The fourth-order valence-electron chi connectivity index (χ4n) is 3.56. The average molecular weight is 371 g/mol. The second-order valence-electron chi connectivity index (χ2n) is 7.03. The van der Waals surface area contributed by atoms with E-state index in [0.717, 1.165) is 11.1 Å². The smallest absolute Gasteiger partial charge is 0.229 e. The van der Waals surface area contributed by atoms with E-state index in [1.807, 2.05) is 60.7 Å². The summed E-state index contributed by atoms with van der Waals surface area (Å²) >= 11 is 0. The van der Waals surface area contributed by atoms with Crippen molar-refractivity contribution in [3.8, 4) is 0 Å². The number of hydrogen-bond donors (Lipinski definition) is 1. The minimum absolute atomic E-state index is 0.0528. The molecular formula is C23H21N3O2. The van der Waals surface area contributed by atoms with Gasteiger partial charge in [0.1, 0.15) is 0 Å². The molecule has 5 nitrogen and oxygen atoms in total. The molecule has 0 fully saturated rings. The number of nitrogens with zero attached hydrogens (tertiary/aromatic N) is 2. The lowest BCUT2D eigenvalue weighted by molar-refractivity contribution is -0.116. The number of ketones is 1. The van der Waals surface area contributed by atoms with Crippen molar-refractivity contribution < 1.29 is 9.59 Å². The highest BCUT2D eigenvalue weighted by Crippen LogP contribution is 2.31. The summed E-state index contributed by atoms with van der Waals surface area (Å²) in [6.07, 6.45) is 3.69. The van der Waals surface area contributed by atoms with Gasteiger partial charge in [0.2, 0.25) is 11.9 Å². The van der Waals surface area contributed by atoms with Crippen LogP contribution in [0.4, 0.5) is 5.95 Å². The monoisotopic (exact) mass is 371 g/mol. The third-order valence-electron chi connectivity index (χ3n) is 5.05. The van der Waals surface area contributed by atoms with Crippen molar-refractivity contribution >= 4 is 17.6 Å². The van der Waals surface area contributed by atoms with E-state index in [1.54, 1.807) is 6.20 Å². The van der Waals surface area contributed by atoms with Crippen LogP contribution in [0.15, 0.2) is 66.9 Å². The van der Waals surface area contributed by atoms with Crippen LogP contribution in [0.25, 0.3) is 0 Å². The Morgan fingerprint density at radius 2 is 1.71 bits per heavy atom. The molecule has 140 valence electrons. The summed E-state index contributed by atoms with van der Waals surface area (Å²) in [5, 5.41) is 2.76. The number of anilines is 1. The largest absolute Gasteiger partial charge is 0.295 e. The molecule has 3 aromatic rings. The van der Waals surface area contributed by atoms with Crippen molar-refractivity contribution in [3.63, 3.8) is 0 Å². The first kappa shape index (κ1) is 18.0. The number of amides is 1. The van der Waals surface area contributed by atoms with E-state index in [4.69, 9.17) is 0 Å². The molecule has 1 heterocycles. The molecule has 1 aromatic heterocycles. The summed E-state index contributed by atoms with van der Waals surface area (Å²) < 4.78 is 0. The predicted octanol–water partition coefficient (Wildman–Crippen LogP) is 3.96. The Balaban J connectivity index is 1.44. The van der Waals surface area contributed by atoms with Gasteiger partial charge >= 0.3 is 0 Å². The first-order valence-corrected chi connectivity index (χ1v) is 9.47. The zero-order valence-electron chi connectivity index (χ0n) is 15.5. The molecule has 2 aromatic carbocycles. The van der Waals surface area contributed by atoms with Crippen LogP contribution in [-0.2, 0) is 17.6 Å². The number of carbonyl (C=O) groups is 2. The van der Waals surface area contributed by atoms with Crippen LogP contribution in [0.2, 0.25) is 0 Å². The van der Waals surface area contributed by atoms with Gasteiger partial charge in [-0.3, -0.25) is 14.9 Å². The Labute approximate surface area is 163 Å². The van der Waals surface area contributed by atoms with Gasteiger partial charge in [-0.25, -0.2) is 9.97 Å². The highest BCUT2D eigenvalue weighted by Gasteiger charge is 2.28. The normalized spacial score (nSPS) is 15.7. The van der Waals surface area contributed by atoms with Gasteiger partial charge in [-0.1, -0.05) is 60.7 Å². The summed E-state index contributed by atoms with van der Waals surface area (Å²) in [5.41, 5.74) is 3.52. The second-order valence-corrected chi connectivity index (χ2v) is 7.03. The van der Waals surface area contributed by atoms with Crippen molar-refractivity contribution in [2.75, 3.05) is 5.32 Å². The Hall–Kier alpha value is -3.34. The molecular weight excluding hydrogens is 350 g/mol. The van der Waals surface area contributed by atoms with Crippen LogP contribution in [0.3, 0.4) is 0 Å². The van der Waals surface area contributed by atoms with E-state index in [2.05, 4.69) is 15.3 Å². The van der Waals surface area contributed by atoms with Crippen molar-refractivity contribution in [1.82, 2.24) is 9.97 Å². The molecule has 0 radical (unpaired) electrons. The summed E-state index contributed by atoms with van der Waals surface area (Å²) in [6, 6.07) is 19.9. The quantitative estimate of drug-likeness (QED) is 0.737. The standard InChI is InChI=1S/C23H21N3O2/c27-21-14-18(17-9-5-2-6-10-17)13-20-19(21)15-24-23(25-20)26-22(28)12-11-16-7-3-1-4-8-16/h1-10,15,18H,11-14H2,(H,24,25,26,28)/t18-/m0/s1. The Morgan fingerprint density at radius 3 is 2.46 bits per heavy atom. The van der Waals surface area contributed by atoms with Gasteiger partial charge < -0.3 is 0 Å². The molecule has 0 bridgehead atoms. The Kier molecular flexibility index (Phi) is 5.24. The molecule has 28 heavy (non-hydrogen) atoms. The van der Waals surface area contributed by atoms with Crippen molar-refractivity contribution in [2.24, 2.45) is 0 Å². The zero-order chi connectivity index (χ0) is 19.3. The predicted molar refractivity (Wildman–Crippen MR) is 107 cm³/mol. The lowest BCUT2D eigenvalue weighted by atomic mass is 9.82. The van der Waals surface area contributed by atoms with Gasteiger partial charge in [0, 0.05) is 19.0 Å². The maximum atomic E-state index is 12.5. The summed E-state index contributed by atoms with van der Waals surface area (Å²) in [6.45, 7) is 0. The van der Waals surface area contributed by atoms with Gasteiger partial charge in [0.15, 0.2) is 5.78 Å². The first-order chi connectivity index (χ1) is 13.7. The van der Waals surface area contributed by atoms with Crippen LogP contribution in [0.1, 0.15) is 45.9 Å². The fraction of sp³-hybridized carbons (Fsp3) is 0.217.